The maximum atomic E-state index is 12.6. The van der Waals surface area contributed by atoms with Crippen LogP contribution >= 0.6 is 0 Å². The van der Waals surface area contributed by atoms with Crippen LogP contribution in [0.1, 0.15) is 18.3 Å². The third-order valence-corrected chi connectivity index (χ3v) is 7.31. The summed E-state index contributed by atoms with van der Waals surface area (Å²) in [5.41, 5.74) is 0.872. The highest BCUT2D eigenvalue weighted by molar-refractivity contribution is 7.92. The average Bonchev–Trinajstić information content (AvgIpc) is 2.56. The zero-order valence-corrected chi connectivity index (χ0v) is 12.7. The van der Waals surface area contributed by atoms with Crippen molar-refractivity contribution in [3.63, 3.8) is 0 Å². The number of aromatic nitrogens is 2. The molecule has 2 heterocycles. The van der Waals surface area contributed by atoms with Crippen LogP contribution in [-0.4, -0.2) is 55.4 Å². The number of nitrogens with one attached hydrogen (secondary N) is 1. The van der Waals surface area contributed by atoms with Crippen molar-refractivity contribution in [2.24, 2.45) is 0 Å². The van der Waals surface area contributed by atoms with Gasteiger partial charge in [0.05, 0.1) is 22.9 Å². The second-order valence-electron chi connectivity index (χ2n) is 4.84. The molecule has 108 valence electrons. The Morgan fingerprint density at radius 2 is 2.00 bits per heavy atom. The molecule has 1 atom stereocenters. The minimum absolute atomic E-state index is 0.00407. The highest BCUT2D eigenvalue weighted by atomic mass is 32.2. The molecule has 0 saturated carbocycles. The second-order valence-corrected chi connectivity index (χ2v) is 8.90. The Morgan fingerprint density at radius 1 is 1.37 bits per heavy atom. The van der Waals surface area contributed by atoms with Crippen LogP contribution in [0.2, 0.25) is 0 Å². The molecular weight excluding hydrogens is 290 g/mol. The van der Waals surface area contributed by atoms with Gasteiger partial charge in [-0.3, -0.25) is 5.10 Å². The molecule has 1 aromatic rings. The zero-order valence-electron chi connectivity index (χ0n) is 11.0. The Labute approximate surface area is 113 Å². The monoisotopic (exact) mass is 307 g/mol. The van der Waals surface area contributed by atoms with E-state index in [1.807, 2.05) is 0 Å². The van der Waals surface area contributed by atoms with Crippen LogP contribution in [0, 0.1) is 13.8 Å². The van der Waals surface area contributed by atoms with Gasteiger partial charge in [-0.2, -0.15) is 9.40 Å². The van der Waals surface area contributed by atoms with Gasteiger partial charge in [0.15, 0.2) is 9.84 Å². The van der Waals surface area contributed by atoms with Gasteiger partial charge in [0.25, 0.3) is 0 Å². The highest BCUT2D eigenvalue weighted by Gasteiger charge is 2.38. The van der Waals surface area contributed by atoms with Crippen molar-refractivity contribution >= 4 is 19.9 Å². The lowest BCUT2D eigenvalue weighted by Crippen LogP contribution is -2.49. The van der Waals surface area contributed by atoms with Crippen LogP contribution < -0.4 is 0 Å². The Hall–Kier alpha value is -0.930. The Kier molecular flexibility index (Phi) is 3.48. The van der Waals surface area contributed by atoms with Gasteiger partial charge in [-0.05, 0) is 20.8 Å². The summed E-state index contributed by atoms with van der Waals surface area (Å²) < 4.78 is 49.4. The van der Waals surface area contributed by atoms with Crippen LogP contribution in [0.4, 0.5) is 0 Å². The molecule has 1 saturated heterocycles. The van der Waals surface area contributed by atoms with Gasteiger partial charge in [-0.25, -0.2) is 16.8 Å². The number of sulfonamides is 1. The van der Waals surface area contributed by atoms with E-state index in [0.717, 1.165) is 0 Å². The van der Waals surface area contributed by atoms with Crippen LogP contribution in [0.15, 0.2) is 4.90 Å². The first-order valence-corrected chi connectivity index (χ1v) is 9.15. The number of aromatic amines is 1. The number of nitrogens with zero attached hydrogens (tertiary/aromatic N) is 2. The van der Waals surface area contributed by atoms with E-state index in [9.17, 15) is 16.8 Å². The van der Waals surface area contributed by atoms with E-state index in [1.54, 1.807) is 20.8 Å². The fraction of sp³-hybridized carbons (Fsp3) is 0.700. The fourth-order valence-electron chi connectivity index (χ4n) is 2.38. The summed E-state index contributed by atoms with van der Waals surface area (Å²) in [5, 5.41) is 6.52. The maximum absolute atomic E-state index is 12.6. The second kappa shape index (κ2) is 4.57. The third kappa shape index (κ3) is 2.54. The highest BCUT2D eigenvalue weighted by Crippen LogP contribution is 2.25. The lowest BCUT2D eigenvalue weighted by atomic mass is 10.4. The summed E-state index contributed by atoms with van der Waals surface area (Å²) in [6, 6.07) is -0.558. The van der Waals surface area contributed by atoms with Gasteiger partial charge in [0.2, 0.25) is 10.0 Å². The molecular formula is C10H17N3O4S2. The molecule has 0 spiro atoms. The maximum Gasteiger partial charge on any atom is 0.247 e. The molecule has 0 aromatic carbocycles. The van der Waals surface area contributed by atoms with Gasteiger partial charge in [0.1, 0.15) is 4.90 Å². The Balaban J connectivity index is 2.42. The summed E-state index contributed by atoms with van der Waals surface area (Å²) in [6.07, 6.45) is 0. The number of aryl methyl sites for hydroxylation is 2. The van der Waals surface area contributed by atoms with E-state index in [4.69, 9.17) is 0 Å². The van der Waals surface area contributed by atoms with Crippen molar-refractivity contribution in [2.75, 3.05) is 18.1 Å². The molecule has 9 heteroatoms. The predicted octanol–water partition coefficient (Wildman–Crippen LogP) is -0.166. The van der Waals surface area contributed by atoms with E-state index in [0.29, 0.717) is 11.4 Å². The van der Waals surface area contributed by atoms with Gasteiger partial charge in [0, 0.05) is 12.6 Å². The van der Waals surface area contributed by atoms with E-state index >= 15 is 0 Å². The minimum Gasteiger partial charge on any atom is -0.281 e. The van der Waals surface area contributed by atoms with Crippen LogP contribution in [0.3, 0.4) is 0 Å². The summed E-state index contributed by atoms with van der Waals surface area (Å²) >= 11 is 0. The molecule has 1 aliphatic rings. The van der Waals surface area contributed by atoms with Crippen LogP contribution in [0.5, 0.6) is 0 Å². The van der Waals surface area contributed by atoms with Gasteiger partial charge < -0.3 is 0 Å². The molecule has 0 aliphatic carbocycles. The normalized spacial score (nSPS) is 24.5. The number of hydrogen-bond acceptors (Lipinski definition) is 5. The van der Waals surface area contributed by atoms with E-state index in [2.05, 4.69) is 10.2 Å². The first kappa shape index (κ1) is 14.5. The number of rotatable bonds is 2. The molecule has 0 radical (unpaired) electrons. The molecule has 1 fully saturated rings. The SMILES string of the molecule is Cc1n[nH]c(C)c1S(=O)(=O)N1CCS(=O)(=O)CC1C. The van der Waals surface area contributed by atoms with Crippen molar-refractivity contribution in [3.8, 4) is 0 Å². The lowest BCUT2D eigenvalue weighted by Gasteiger charge is -2.32. The third-order valence-electron chi connectivity index (χ3n) is 3.24. The molecule has 1 unspecified atom stereocenters. The number of H-pyrrole nitrogens is 1. The van der Waals surface area contributed by atoms with E-state index in [-0.39, 0.29) is 22.9 Å². The first-order chi connectivity index (χ1) is 8.65. The van der Waals surface area contributed by atoms with Crippen molar-refractivity contribution in [1.82, 2.24) is 14.5 Å². The first-order valence-electron chi connectivity index (χ1n) is 5.89. The molecule has 1 N–H and O–H groups in total. The van der Waals surface area contributed by atoms with Crippen LogP contribution in [-0.2, 0) is 19.9 Å². The predicted molar refractivity (Wildman–Crippen MR) is 70.1 cm³/mol. The van der Waals surface area contributed by atoms with Crippen molar-refractivity contribution in [3.05, 3.63) is 11.4 Å². The lowest BCUT2D eigenvalue weighted by molar-refractivity contribution is 0.356. The summed E-state index contributed by atoms with van der Waals surface area (Å²) in [5.74, 6) is -0.269. The molecule has 1 aromatic heterocycles. The number of hydrogen-bond donors (Lipinski definition) is 1. The number of sulfone groups is 1. The smallest absolute Gasteiger partial charge is 0.247 e. The molecule has 0 amide bonds. The zero-order chi connectivity index (χ0) is 14.4. The topological polar surface area (TPSA) is 100 Å². The van der Waals surface area contributed by atoms with Gasteiger partial charge >= 0.3 is 0 Å². The standard InChI is InChI=1S/C10H17N3O4S2/c1-7-6-18(14,15)5-4-13(7)19(16,17)10-8(2)11-12-9(10)3/h7H,4-6H2,1-3H3,(H,11,12). The largest absolute Gasteiger partial charge is 0.281 e. The minimum atomic E-state index is -3.70. The van der Waals surface area contributed by atoms with Gasteiger partial charge in [-0.1, -0.05) is 0 Å². The molecule has 19 heavy (non-hydrogen) atoms. The van der Waals surface area contributed by atoms with Crippen LogP contribution in [0.25, 0.3) is 0 Å². The Bertz CT molecular complexity index is 671. The van der Waals surface area contributed by atoms with Crippen molar-refractivity contribution < 1.29 is 16.8 Å². The van der Waals surface area contributed by atoms with E-state index in [1.165, 1.54) is 4.31 Å². The van der Waals surface area contributed by atoms with Crippen molar-refractivity contribution in [2.45, 2.75) is 31.7 Å². The molecule has 2 rings (SSSR count). The summed E-state index contributed by atoms with van der Waals surface area (Å²) in [4.78, 5) is 0.152. The fourth-order valence-corrected chi connectivity index (χ4v) is 6.11. The quantitative estimate of drug-likeness (QED) is 0.818. The van der Waals surface area contributed by atoms with E-state index < -0.39 is 25.9 Å². The summed E-state index contributed by atoms with van der Waals surface area (Å²) in [7, 11) is -6.85. The van der Waals surface area contributed by atoms with Gasteiger partial charge in [-0.15, -0.1) is 0 Å². The average molecular weight is 307 g/mol. The Morgan fingerprint density at radius 3 is 2.47 bits per heavy atom. The molecule has 1 aliphatic heterocycles. The summed E-state index contributed by atoms with van der Waals surface area (Å²) in [6.45, 7) is 4.86. The molecule has 7 nitrogen and oxygen atoms in total. The molecule has 0 bridgehead atoms. The van der Waals surface area contributed by atoms with Crippen molar-refractivity contribution in [1.29, 1.82) is 0 Å².